The third kappa shape index (κ3) is 6.28. The van der Waals surface area contributed by atoms with E-state index >= 15 is 0 Å². The van der Waals surface area contributed by atoms with Crippen molar-refractivity contribution in [3.63, 3.8) is 0 Å². The summed E-state index contributed by atoms with van der Waals surface area (Å²) in [4.78, 5) is 48.3. The van der Waals surface area contributed by atoms with Crippen LogP contribution in [-0.4, -0.2) is 58.7 Å². The Bertz CT molecular complexity index is 864. The molecule has 1 amide bonds. The minimum atomic E-state index is -2.25. The largest absolute Gasteiger partial charge is 0.552 e. The van der Waals surface area contributed by atoms with Gasteiger partial charge >= 0.3 is 19.1 Å². The molecule has 172 valence electrons. The molecule has 1 heterocycles. The molecule has 0 aromatic heterocycles. The highest BCUT2D eigenvalue weighted by atomic mass is 31.0. The summed E-state index contributed by atoms with van der Waals surface area (Å²) in [7, 11) is 0.905. The Morgan fingerprint density at radius 1 is 1.22 bits per heavy atom. The van der Waals surface area contributed by atoms with Crippen molar-refractivity contribution in [3.8, 4) is 0 Å². The first-order valence-corrected chi connectivity index (χ1v) is 10.9. The highest BCUT2D eigenvalue weighted by molar-refractivity contribution is 7.13. The van der Waals surface area contributed by atoms with Gasteiger partial charge in [0, 0.05) is 0 Å². The van der Waals surface area contributed by atoms with Crippen LogP contribution in [0.3, 0.4) is 0 Å². The maximum Gasteiger partial charge on any atom is 0.552 e. The van der Waals surface area contributed by atoms with Crippen LogP contribution in [0.1, 0.15) is 37.7 Å². The predicted octanol–water partition coefficient (Wildman–Crippen LogP) is 0.551. The zero-order valence-electron chi connectivity index (χ0n) is 17.4. The van der Waals surface area contributed by atoms with Gasteiger partial charge in [0.2, 0.25) is 5.91 Å². The Labute approximate surface area is 187 Å². The predicted molar refractivity (Wildman–Crippen MR) is 116 cm³/mol. The maximum absolute atomic E-state index is 13.0. The van der Waals surface area contributed by atoms with Crippen LogP contribution in [0.2, 0.25) is 0 Å². The minimum Gasteiger partial charge on any atom is -0.508 e. The first-order valence-electron chi connectivity index (χ1n) is 10.4. The maximum atomic E-state index is 13.0. The molecule has 4 atom stereocenters. The number of carbonyl (C=O) groups excluding carboxylic acids is 2. The molecule has 0 spiro atoms. The molecule has 32 heavy (non-hydrogen) atoms. The lowest BCUT2D eigenvalue weighted by molar-refractivity contribution is -0.175. The molecular weight excluding hydrogens is 438 g/mol. The Morgan fingerprint density at radius 3 is 2.47 bits per heavy atom. The van der Waals surface area contributed by atoms with Crippen LogP contribution in [0.4, 0.5) is 0 Å². The molecule has 1 saturated carbocycles. The summed E-state index contributed by atoms with van der Waals surface area (Å²) < 4.78 is 10.8. The average Bonchev–Trinajstić information content (AvgIpc) is 3.55. The van der Waals surface area contributed by atoms with Crippen LogP contribution < -0.4 is 10.4 Å². The van der Waals surface area contributed by atoms with E-state index in [2.05, 4.69) is 19.8 Å². The summed E-state index contributed by atoms with van der Waals surface area (Å²) in [6.07, 6.45) is 1.06. The number of carbonyl (C=O) groups is 4. The molecular formula is C20H26BN2O8P. The second kappa shape index (κ2) is 10.4. The van der Waals surface area contributed by atoms with Crippen LogP contribution in [0.5, 0.6) is 0 Å². The van der Waals surface area contributed by atoms with Crippen molar-refractivity contribution in [2.24, 2.45) is 5.92 Å². The Balaban J connectivity index is 1.77. The van der Waals surface area contributed by atoms with Crippen molar-refractivity contribution >= 4 is 40.3 Å². The number of aliphatic carboxylic acids is 2. The van der Waals surface area contributed by atoms with Crippen LogP contribution in [0.15, 0.2) is 30.3 Å². The molecule has 3 rings (SSSR count). The Kier molecular flexibility index (Phi) is 7.87. The summed E-state index contributed by atoms with van der Waals surface area (Å²) in [6, 6.07) is 8.77. The van der Waals surface area contributed by atoms with Crippen molar-refractivity contribution in [1.82, 2.24) is 10.4 Å². The monoisotopic (exact) mass is 464 g/mol. The van der Waals surface area contributed by atoms with Crippen LogP contribution in [0.25, 0.3) is 0 Å². The Hall–Kier alpha value is -2.49. The fourth-order valence-electron chi connectivity index (χ4n) is 3.72. The molecule has 2 fully saturated rings. The molecule has 2 aliphatic rings. The Morgan fingerprint density at radius 2 is 1.91 bits per heavy atom. The van der Waals surface area contributed by atoms with E-state index in [-0.39, 0.29) is 11.8 Å². The normalized spacial score (nSPS) is 22.5. The van der Waals surface area contributed by atoms with Crippen LogP contribution in [-0.2, 0) is 34.9 Å². The number of hydrogen-bond acceptors (Lipinski definition) is 7. The SMILES string of the molecule is O=C(O)CC1(C(=O)O)CC(=O)OB(C(CC2CC2)NC(=O)C(Cc2ccccc2)NP)O1. The summed E-state index contributed by atoms with van der Waals surface area (Å²) in [5.41, 5.74) is -1.31. The van der Waals surface area contributed by atoms with Crippen molar-refractivity contribution in [2.75, 3.05) is 0 Å². The number of benzene rings is 1. The third-order valence-corrected chi connectivity index (χ3v) is 5.99. The van der Waals surface area contributed by atoms with E-state index in [0.717, 1.165) is 18.4 Å². The van der Waals surface area contributed by atoms with E-state index in [1.165, 1.54) is 0 Å². The summed E-state index contributed by atoms with van der Waals surface area (Å²) >= 11 is 0. The minimum absolute atomic E-state index is 0.278. The van der Waals surface area contributed by atoms with Gasteiger partial charge in [0.25, 0.3) is 5.97 Å². The van der Waals surface area contributed by atoms with E-state index in [1.807, 2.05) is 30.3 Å². The van der Waals surface area contributed by atoms with Gasteiger partial charge in [0.1, 0.15) is 0 Å². The zero-order chi connectivity index (χ0) is 23.3. The second-order valence-corrected chi connectivity index (χ2v) is 8.56. The molecule has 1 aromatic rings. The molecule has 1 aromatic carbocycles. The van der Waals surface area contributed by atoms with Crippen molar-refractivity contribution in [1.29, 1.82) is 0 Å². The van der Waals surface area contributed by atoms with Gasteiger partial charge in [-0.2, -0.15) is 0 Å². The summed E-state index contributed by atoms with van der Waals surface area (Å²) in [5.74, 6) is -4.78. The number of carboxylic acids is 2. The molecule has 4 unspecified atom stereocenters. The summed E-state index contributed by atoms with van der Waals surface area (Å²) in [5, 5.41) is 24.5. The lowest BCUT2D eigenvalue weighted by atomic mass is 9.71. The van der Waals surface area contributed by atoms with E-state index < -0.39 is 55.5 Å². The van der Waals surface area contributed by atoms with E-state index in [4.69, 9.17) is 14.4 Å². The molecule has 0 bridgehead atoms. The number of rotatable bonds is 11. The quantitative estimate of drug-likeness (QED) is 0.272. The fourth-order valence-corrected chi connectivity index (χ4v) is 3.99. The topological polar surface area (TPSA) is 151 Å². The van der Waals surface area contributed by atoms with Crippen LogP contribution in [0, 0.1) is 5.92 Å². The first-order chi connectivity index (χ1) is 15.2. The van der Waals surface area contributed by atoms with Gasteiger partial charge in [-0.3, -0.25) is 19.5 Å². The molecule has 10 nitrogen and oxygen atoms in total. The van der Waals surface area contributed by atoms with Crippen molar-refractivity contribution in [2.45, 2.75) is 56.1 Å². The average molecular weight is 464 g/mol. The van der Waals surface area contributed by atoms with Gasteiger partial charge < -0.3 is 24.8 Å². The van der Waals surface area contributed by atoms with Gasteiger partial charge in [-0.25, -0.2) is 4.79 Å². The number of hydrogen-bond donors (Lipinski definition) is 4. The first kappa shape index (κ1) is 24.2. The van der Waals surface area contributed by atoms with Gasteiger partial charge in [-0.05, 0) is 24.3 Å². The number of nitrogens with one attached hydrogen (secondary N) is 2. The third-order valence-electron chi connectivity index (χ3n) is 5.59. The molecule has 12 heteroatoms. The lowest BCUT2D eigenvalue weighted by Crippen LogP contribution is -2.62. The fraction of sp³-hybridized carbons (Fsp3) is 0.500. The molecule has 1 aliphatic carbocycles. The number of amides is 1. The summed E-state index contributed by atoms with van der Waals surface area (Å²) in [6.45, 7) is 0. The van der Waals surface area contributed by atoms with Crippen LogP contribution >= 0.6 is 9.39 Å². The van der Waals surface area contributed by atoms with Gasteiger partial charge in [-0.15, -0.1) is 0 Å². The van der Waals surface area contributed by atoms with E-state index in [0.29, 0.717) is 12.8 Å². The molecule has 1 saturated heterocycles. The molecule has 1 aliphatic heterocycles. The van der Waals surface area contributed by atoms with Gasteiger partial charge in [0.05, 0.1) is 24.8 Å². The van der Waals surface area contributed by atoms with E-state index in [1.54, 1.807) is 0 Å². The van der Waals surface area contributed by atoms with E-state index in [9.17, 15) is 24.3 Å². The molecule has 0 radical (unpaired) electrons. The molecule has 4 N–H and O–H groups in total. The smallest absolute Gasteiger partial charge is 0.508 e. The number of carboxylic acid groups (broad SMARTS) is 2. The standard InChI is InChI=1S/C20H26BN2O8P/c24-16(25)10-20(19(28)29)11-17(26)30-21(31-20)15(9-13-6-7-13)22-18(27)14(23-32)8-12-4-2-1-3-5-12/h1-5,13-15,23H,6-11,32H2,(H,22,27)(H,24,25)(H,28,29). The van der Waals surface area contributed by atoms with Crippen molar-refractivity contribution < 1.29 is 38.7 Å². The highest BCUT2D eigenvalue weighted by Gasteiger charge is 2.55. The highest BCUT2D eigenvalue weighted by Crippen LogP contribution is 2.36. The second-order valence-electron chi connectivity index (χ2n) is 8.23. The lowest BCUT2D eigenvalue weighted by Gasteiger charge is -2.37. The van der Waals surface area contributed by atoms with Gasteiger partial charge in [0.15, 0.2) is 5.60 Å². The van der Waals surface area contributed by atoms with Gasteiger partial charge in [-0.1, -0.05) is 52.6 Å². The zero-order valence-corrected chi connectivity index (χ0v) is 18.5. The van der Waals surface area contributed by atoms with Crippen molar-refractivity contribution in [3.05, 3.63) is 35.9 Å².